The Morgan fingerprint density at radius 3 is 2.29 bits per heavy atom. The average molecular weight is 421 g/mol. The summed E-state index contributed by atoms with van der Waals surface area (Å²) in [5, 5.41) is 0.990. The van der Waals surface area contributed by atoms with Crippen molar-refractivity contribution in [3.63, 3.8) is 0 Å². The molecule has 28 heavy (non-hydrogen) atoms. The summed E-state index contributed by atoms with van der Waals surface area (Å²) in [7, 11) is 1.90. The molecule has 2 aromatic carbocycles. The summed E-state index contributed by atoms with van der Waals surface area (Å²) in [5.41, 5.74) is 2.05. The average Bonchev–Trinajstić information content (AvgIpc) is 3.24. The Labute approximate surface area is 179 Å². The normalized spacial score (nSPS) is 14.9. The molecule has 0 N–H and O–H groups in total. The molecule has 152 valence electrons. The Kier molecular flexibility index (Phi) is 9.30. The second-order valence-electron chi connectivity index (χ2n) is 6.86. The lowest BCUT2D eigenvalue weighted by molar-refractivity contribution is -0.131. The lowest BCUT2D eigenvalue weighted by Gasteiger charge is -2.32. The van der Waals surface area contributed by atoms with Crippen molar-refractivity contribution in [3.05, 3.63) is 69.7 Å². The molecule has 1 atom stereocenters. The standard InChI is InChI=1S/C21H24Cl2N2O.C2H6/c1-24(21(26)14-16-9-10-18(22)19(23)13-16)20(15-25-11-5-6-12-25)17-7-3-2-4-8-17;1-2/h2-4,7-10,13,20H,5-6,11-12,14-15H2,1H3;1-2H3. The molecule has 0 radical (unpaired) electrons. The number of carbonyl (C=O) groups is 1. The van der Waals surface area contributed by atoms with Gasteiger partial charge >= 0.3 is 0 Å². The number of likely N-dealkylation sites (tertiary alicyclic amines) is 1. The maximum absolute atomic E-state index is 12.9. The Morgan fingerprint density at radius 2 is 1.68 bits per heavy atom. The lowest BCUT2D eigenvalue weighted by Crippen LogP contribution is -2.39. The van der Waals surface area contributed by atoms with Gasteiger partial charge in [0, 0.05) is 13.6 Å². The summed E-state index contributed by atoms with van der Waals surface area (Å²) < 4.78 is 0. The number of amides is 1. The topological polar surface area (TPSA) is 23.6 Å². The summed E-state index contributed by atoms with van der Waals surface area (Å²) in [6.45, 7) is 7.09. The number of nitrogens with zero attached hydrogens (tertiary/aromatic N) is 2. The molecule has 3 nitrogen and oxygen atoms in total. The van der Waals surface area contributed by atoms with Crippen LogP contribution in [0.15, 0.2) is 48.5 Å². The summed E-state index contributed by atoms with van der Waals surface area (Å²) in [4.78, 5) is 17.2. The minimum absolute atomic E-state index is 0.0459. The van der Waals surface area contributed by atoms with E-state index in [1.807, 2.05) is 50.1 Å². The third-order valence-electron chi connectivity index (χ3n) is 5.01. The highest BCUT2D eigenvalue weighted by molar-refractivity contribution is 6.42. The van der Waals surface area contributed by atoms with Gasteiger partial charge in [-0.1, -0.05) is 73.4 Å². The predicted molar refractivity (Wildman–Crippen MR) is 119 cm³/mol. The molecule has 1 saturated heterocycles. The molecule has 1 aliphatic heterocycles. The van der Waals surface area contributed by atoms with Crippen molar-refractivity contribution in [3.8, 4) is 0 Å². The quantitative estimate of drug-likeness (QED) is 0.584. The maximum Gasteiger partial charge on any atom is 0.227 e. The van der Waals surface area contributed by atoms with Crippen molar-refractivity contribution < 1.29 is 4.79 Å². The van der Waals surface area contributed by atoms with Gasteiger partial charge in [-0.2, -0.15) is 0 Å². The van der Waals surface area contributed by atoms with E-state index in [1.165, 1.54) is 18.4 Å². The van der Waals surface area contributed by atoms with E-state index in [-0.39, 0.29) is 11.9 Å². The van der Waals surface area contributed by atoms with Gasteiger partial charge in [0.25, 0.3) is 0 Å². The highest BCUT2D eigenvalue weighted by Gasteiger charge is 2.25. The molecule has 0 aliphatic carbocycles. The molecule has 0 bridgehead atoms. The smallest absolute Gasteiger partial charge is 0.227 e. The molecule has 1 unspecified atom stereocenters. The first-order chi connectivity index (χ1) is 13.5. The third-order valence-corrected chi connectivity index (χ3v) is 5.75. The SMILES string of the molecule is CC.CN(C(=O)Cc1ccc(Cl)c(Cl)c1)C(CN1CCCC1)c1ccccc1. The second kappa shape index (κ2) is 11.5. The van der Waals surface area contributed by atoms with Crippen LogP contribution in [0.4, 0.5) is 0 Å². The Hall–Kier alpha value is -1.55. The van der Waals surface area contributed by atoms with E-state index in [4.69, 9.17) is 23.2 Å². The van der Waals surface area contributed by atoms with Crippen LogP contribution in [0.1, 0.15) is 43.9 Å². The maximum atomic E-state index is 12.9. The summed E-state index contributed by atoms with van der Waals surface area (Å²) >= 11 is 12.1. The molecule has 1 amide bonds. The van der Waals surface area contributed by atoms with Crippen LogP contribution < -0.4 is 0 Å². The first-order valence-corrected chi connectivity index (χ1v) is 10.8. The summed E-state index contributed by atoms with van der Waals surface area (Å²) in [6, 6.07) is 15.7. The van der Waals surface area contributed by atoms with Gasteiger partial charge in [-0.25, -0.2) is 0 Å². The Balaban J connectivity index is 0.00000136. The molecule has 1 heterocycles. The minimum atomic E-state index is 0.0459. The van der Waals surface area contributed by atoms with E-state index in [2.05, 4.69) is 17.0 Å². The van der Waals surface area contributed by atoms with Crippen LogP contribution in [0, 0.1) is 0 Å². The number of hydrogen-bond acceptors (Lipinski definition) is 2. The first kappa shape index (κ1) is 22.7. The third kappa shape index (κ3) is 6.23. The molecular formula is C23H30Cl2N2O. The number of benzene rings is 2. The Morgan fingerprint density at radius 1 is 1.04 bits per heavy atom. The second-order valence-corrected chi connectivity index (χ2v) is 7.68. The molecule has 0 aromatic heterocycles. The van der Waals surface area contributed by atoms with E-state index in [9.17, 15) is 4.79 Å². The van der Waals surface area contributed by atoms with Crippen LogP contribution in [0.2, 0.25) is 10.0 Å². The highest BCUT2D eigenvalue weighted by Crippen LogP contribution is 2.26. The zero-order valence-corrected chi connectivity index (χ0v) is 18.5. The molecule has 1 aliphatic rings. The molecule has 0 saturated carbocycles. The zero-order chi connectivity index (χ0) is 20.5. The molecular weight excluding hydrogens is 391 g/mol. The van der Waals surface area contributed by atoms with Crippen molar-refractivity contribution in [2.75, 3.05) is 26.7 Å². The number of hydrogen-bond donors (Lipinski definition) is 0. The van der Waals surface area contributed by atoms with Gasteiger partial charge in [0.2, 0.25) is 5.91 Å². The van der Waals surface area contributed by atoms with Gasteiger partial charge in [0.05, 0.1) is 22.5 Å². The fourth-order valence-corrected chi connectivity index (χ4v) is 3.78. The minimum Gasteiger partial charge on any atom is -0.337 e. The van der Waals surface area contributed by atoms with Crippen molar-refractivity contribution in [2.45, 2.75) is 39.2 Å². The van der Waals surface area contributed by atoms with E-state index in [1.54, 1.807) is 12.1 Å². The van der Waals surface area contributed by atoms with Gasteiger partial charge in [0.15, 0.2) is 0 Å². The molecule has 5 heteroatoms. The van der Waals surface area contributed by atoms with Crippen LogP contribution in [0.25, 0.3) is 0 Å². The van der Waals surface area contributed by atoms with Crippen LogP contribution >= 0.6 is 23.2 Å². The fourth-order valence-electron chi connectivity index (χ4n) is 3.46. The fraction of sp³-hybridized carbons (Fsp3) is 0.435. The van der Waals surface area contributed by atoms with E-state index in [0.29, 0.717) is 16.5 Å². The molecule has 0 spiro atoms. The van der Waals surface area contributed by atoms with Gasteiger partial charge in [-0.15, -0.1) is 0 Å². The van der Waals surface area contributed by atoms with Crippen LogP contribution in [0.3, 0.4) is 0 Å². The predicted octanol–water partition coefficient (Wildman–Crippen LogP) is 5.86. The van der Waals surface area contributed by atoms with Crippen molar-refractivity contribution in [1.82, 2.24) is 9.80 Å². The molecule has 2 aromatic rings. The number of halogens is 2. The number of likely N-dealkylation sites (N-methyl/N-ethyl adjacent to an activating group) is 1. The van der Waals surface area contributed by atoms with Crippen molar-refractivity contribution in [2.24, 2.45) is 0 Å². The van der Waals surface area contributed by atoms with Crippen LogP contribution in [0.5, 0.6) is 0 Å². The van der Waals surface area contributed by atoms with Gasteiger partial charge < -0.3 is 9.80 Å². The van der Waals surface area contributed by atoms with Gasteiger partial charge in [-0.3, -0.25) is 4.79 Å². The summed E-state index contributed by atoms with van der Waals surface area (Å²) in [6.07, 6.45) is 2.79. The van der Waals surface area contributed by atoms with Crippen molar-refractivity contribution >= 4 is 29.1 Å². The van der Waals surface area contributed by atoms with Crippen LogP contribution in [-0.4, -0.2) is 42.4 Å². The van der Waals surface area contributed by atoms with E-state index < -0.39 is 0 Å². The largest absolute Gasteiger partial charge is 0.337 e. The molecule has 3 rings (SSSR count). The van der Waals surface area contributed by atoms with Gasteiger partial charge in [0.1, 0.15) is 0 Å². The van der Waals surface area contributed by atoms with E-state index in [0.717, 1.165) is 25.2 Å². The van der Waals surface area contributed by atoms with Gasteiger partial charge in [-0.05, 0) is 49.2 Å². The monoisotopic (exact) mass is 420 g/mol. The highest BCUT2D eigenvalue weighted by atomic mass is 35.5. The zero-order valence-electron chi connectivity index (χ0n) is 17.0. The lowest BCUT2D eigenvalue weighted by atomic mass is 10.0. The summed E-state index contributed by atoms with van der Waals surface area (Å²) in [5.74, 6) is 0.0800. The number of carbonyl (C=O) groups excluding carboxylic acids is 1. The first-order valence-electron chi connectivity index (χ1n) is 10.0. The van der Waals surface area contributed by atoms with Crippen molar-refractivity contribution in [1.29, 1.82) is 0 Å². The Bertz CT molecular complexity index is 746. The van der Waals surface area contributed by atoms with Crippen LogP contribution in [-0.2, 0) is 11.2 Å². The number of rotatable bonds is 6. The molecule has 1 fully saturated rings. The van der Waals surface area contributed by atoms with E-state index >= 15 is 0 Å².